The monoisotopic (exact) mass is 225 g/mol. The quantitative estimate of drug-likeness (QED) is 0.777. The van der Waals surface area contributed by atoms with Crippen LogP contribution in [-0.4, -0.2) is 35.7 Å². The van der Waals surface area contributed by atoms with Crippen molar-refractivity contribution in [3.05, 3.63) is 0 Å². The Morgan fingerprint density at radius 3 is 2.75 bits per heavy atom. The topological polar surface area (TPSA) is 23.5 Å². The van der Waals surface area contributed by atoms with E-state index in [1.54, 1.807) is 0 Å². The molecule has 0 aromatic heterocycles. The molecule has 0 bridgehead atoms. The molecule has 3 unspecified atom stereocenters. The summed E-state index contributed by atoms with van der Waals surface area (Å²) in [7, 11) is 0. The number of aliphatic hydroxyl groups is 1. The van der Waals surface area contributed by atoms with Gasteiger partial charge >= 0.3 is 0 Å². The minimum atomic E-state index is 0.00837. The van der Waals surface area contributed by atoms with Crippen LogP contribution >= 0.6 is 0 Å². The van der Waals surface area contributed by atoms with E-state index in [4.69, 9.17) is 0 Å². The van der Waals surface area contributed by atoms with Crippen molar-refractivity contribution < 1.29 is 5.11 Å². The third kappa shape index (κ3) is 3.21. The molecule has 2 rings (SSSR count). The smallest absolute Gasteiger partial charge is 0.0568 e. The van der Waals surface area contributed by atoms with E-state index in [9.17, 15) is 5.11 Å². The van der Waals surface area contributed by atoms with Crippen molar-refractivity contribution in [2.45, 2.75) is 58.0 Å². The lowest BCUT2D eigenvalue weighted by molar-refractivity contribution is 0.120. The minimum Gasteiger partial charge on any atom is -0.393 e. The van der Waals surface area contributed by atoms with Crippen LogP contribution in [0.2, 0.25) is 0 Å². The van der Waals surface area contributed by atoms with Gasteiger partial charge in [0.2, 0.25) is 0 Å². The molecular weight excluding hydrogens is 198 g/mol. The summed E-state index contributed by atoms with van der Waals surface area (Å²) < 4.78 is 0. The van der Waals surface area contributed by atoms with E-state index < -0.39 is 0 Å². The standard InChI is InChI=1S/C14H27NO/c1-2-4-12-7-9-15(11-12)10-8-13-5-3-6-14(13)16/h12-14,16H,2-11H2,1H3. The highest BCUT2D eigenvalue weighted by Crippen LogP contribution is 2.29. The molecule has 0 aromatic carbocycles. The van der Waals surface area contributed by atoms with Crippen molar-refractivity contribution in [3.63, 3.8) is 0 Å². The summed E-state index contributed by atoms with van der Waals surface area (Å²) in [6.07, 6.45) is 8.92. The van der Waals surface area contributed by atoms with Gasteiger partial charge in [0.05, 0.1) is 6.10 Å². The molecule has 94 valence electrons. The Kier molecular flexibility index (Phi) is 4.66. The van der Waals surface area contributed by atoms with E-state index in [2.05, 4.69) is 11.8 Å². The fourth-order valence-electron chi connectivity index (χ4n) is 3.46. The molecule has 0 aromatic rings. The number of rotatable bonds is 5. The van der Waals surface area contributed by atoms with Crippen molar-refractivity contribution in [2.75, 3.05) is 19.6 Å². The van der Waals surface area contributed by atoms with Crippen LogP contribution in [0.25, 0.3) is 0 Å². The first kappa shape index (κ1) is 12.4. The lowest BCUT2D eigenvalue weighted by Crippen LogP contribution is -2.25. The van der Waals surface area contributed by atoms with Gasteiger partial charge in [-0.05, 0) is 57.0 Å². The van der Waals surface area contributed by atoms with Crippen molar-refractivity contribution in [1.29, 1.82) is 0 Å². The number of nitrogens with zero attached hydrogens (tertiary/aromatic N) is 1. The van der Waals surface area contributed by atoms with Crippen molar-refractivity contribution >= 4 is 0 Å². The predicted octanol–water partition coefficient (Wildman–Crippen LogP) is 2.66. The average molecular weight is 225 g/mol. The Hall–Kier alpha value is -0.0800. The molecule has 0 radical (unpaired) electrons. The van der Waals surface area contributed by atoms with Crippen LogP contribution in [0.1, 0.15) is 51.9 Å². The van der Waals surface area contributed by atoms with Gasteiger partial charge in [0.1, 0.15) is 0 Å². The molecule has 2 nitrogen and oxygen atoms in total. The first-order valence-electron chi connectivity index (χ1n) is 7.20. The van der Waals surface area contributed by atoms with Crippen LogP contribution in [0.5, 0.6) is 0 Å². The Morgan fingerprint density at radius 2 is 2.06 bits per heavy atom. The van der Waals surface area contributed by atoms with Gasteiger partial charge in [0.15, 0.2) is 0 Å². The van der Waals surface area contributed by atoms with E-state index in [1.807, 2.05) is 0 Å². The van der Waals surface area contributed by atoms with Gasteiger partial charge in [-0.25, -0.2) is 0 Å². The molecule has 1 saturated carbocycles. The first-order chi connectivity index (χ1) is 7.79. The van der Waals surface area contributed by atoms with Gasteiger partial charge in [-0.2, -0.15) is 0 Å². The summed E-state index contributed by atoms with van der Waals surface area (Å²) in [5.74, 6) is 1.56. The third-order valence-corrected chi connectivity index (χ3v) is 4.50. The second-order valence-corrected chi connectivity index (χ2v) is 5.79. The fraction of sp³-hybridized carbons (Fsp3) is 1.00. The number of likely N-dealkylation sites (tertiary alicyclic amines) is 1. The maximum Gasteiger partial charge on any atom is 0.0568 e. The molecule has 2 aliphatic rings. The SMILES string of the molecule is CCCC1CCN(CCC2CCCC2O)C1. The Bertz CT molecular complexity index is 207. The van der Waals surface area contributed by atoms with Gasteiger partial charge in [0.25, 0.3) is 0 Å². The van der Waals surface area contributed by atoms with Gasteiger partial charge in [-0.3, -0.25) is 0 Å². The zero-order valence-corrected chi connectivity index (χ0v) is 10.7. The van der Waals surface area contributed by atoms with E-state index in [1.165, 1.54) is 58.2 Å². The summed E-state index contributed by atoms with van der Waals surface area (Å²) in [5, 5.41) is 9.78. The van der Waals surface area contributed by atoms with E-state index in [0.717, 1.165) is 12.3 Å². The Balaban J connectivity index is 1.63. The van der Waals surface area contributed by atoms with Crippen molar-refractivity contribution in [1.82, 2.24) is 4.90 Å². The highest BCUT2D eigenvalue weighted by Gasteiger charge is 2.27. The second kappa shape index (κ2) is 6.02. The van der Waals surface area contributed by atoms with Crippen molar-refractivity contribution in [3.8, 4) is 0 Å². The molecule has 2 heteroatoms. The summed E-state index contributed by atoms with van der Waals surface area (Å²) in [6, 6.07) is 0. The highest BCUT2D eigenvalue weighted by atomic mass is 16.3. The molecule has 1 N–H and O–H groups in total. The normalized spacial score (nSPS) is 36.0. The van der Waals surface area contributed by atoms with Gasteiger partial charge in [-0.1, -0.05) is 19.8 Å². The maximum atomic E-state index is 9.78. The molecule has 1 aliphatic carbocycles. The zero-order valence-electron chi connectivity index (χ0n) is 10.7. The molecule has 1 aliphatic heterocycles. The fourth-order valence-corrected chi connectivity index (χ4v) is 3.46. The first-order valence-corrected chi connectivity index (χ1v) is 7.20. The molecule has 16 heavy (non-hydrogen) atoms. The predicted molar refractivity (Wildman–Crippen MR) is 67.4 cm³/mol. The molecule has 1 saturated heterocycles. The van der Waals surface area contributed by atoms with Gasteiger partial charge in [-0.15, -0.1) is 0 Å². The van der Waals surface area contributed by atoms with Gasteiger partial charge < -0.3 is 10.0 Å². The van der Waals surface area contributed by atoms with Crippen LogP contribution in [0.3, 0.4) is 0 Å². The van der Waals surface area contributed by atoms with Gasteiger partial charge in [0, 0.05) is 6.54 Å². The van der Waals surface area contributed by atoms with E-state index in [-0.39, 0.29) is 6.10 Å². The molecule has 3 atom stereocenters. The molecule has 2 fully saturated rings. The van der Waals surface area contributed by atoms with E-state index >= 15 is 0 Å². The van der Waals surface area contributed by atoms with Crippen LogP contribution in [0.15, 0.2) is 0 Å². The van der Waals surface area contributed by atoms with Crippen LogP contribution in [0, 0.1) is 11.8 Å². The average Bonchev–Trinajstić information content (AvgIpc) is 2.86. The molecule has 1 heterocycles. The van der Waals surface area contributed by atoms with E-state index in [0.29, 0.717) is 5.92 Å². The van der Waals surface area contributed by atoms with Crippen LogP contribution < -0.4 is 0 Å². The Morgan fingerprint density at radius 1 is 1.19 bits per heavy atom. The number of hydrogen-bond acceptors (Lipinski definition) is 2. The van der Waals surface area contributed by atoms with Crippen molar-refractivity contribution in [2.24, 2.45) is 11.8 Å². The molecule has 0 spiro atoms. The van der Waals surface area contributed by atoms with Crippen LogP contribution in [0.4, 0.5) is 0 Å². The maximum absolute atomic E-state index is 9.78. The second-order valence-electron chi connectivity index (χ2n) is 5.79. The number of hydrogen-bond donors (Lipinski definition) is 1. The Labute approximate surface area is 100 Å². The summed E-state index contributed by atoms with van der Waals surface area (Å²) in [5.41, 5.74) is 0. The molecule has 0 amide bonds. The lowest BCUT2D eigenvalue weighted by Gasteiger charge is -2.20. The highest BCUT2D eigenvalue weighted by molar-refractivity contribution is 4.80. The van der Waals surface area contributed by atoms with Crippen LogP contribution in [-0.2, 0) is 0 Å². The summed E-state index contributed by atoms with van der Waals surface area (Å²) >= 11 is 0. The zero-order chi connectivity index (χ0) is 11.4. The lowest BCUT2D eigenvalue weighted by atomic mass is 10.0. The number of aliphatic hydroxyl groups excluding tert-OH is 1. The largest absolute Gasteiger partial charge is 0.393 e. The summed E-state index contributed by atoms with van der Waals surface area (Å²) in [6.45, 7) is 6.13. The summed E-state index contributed by atoms with van der Waals surface area (Å²) in [4.78, 5) is 2.62. The third-order valence-electron chi connectivity index (χ3n) is 4.50. The minimum absolute atomic E-state index is 0.00837. The molecular formula is C14H27NO.